The van der Waals surface area contributed by atoms with Gasteiger partial charge in [-0.15, -0.1) is 0 Å². The molecule has 176 valence electrons. The van der Waals surface area contributed by atoms with Crippen molar-refractivity contribution in [3.63, 3.8) is 0 Å². The fourth-order valence-electron chi connectivity index (χ4n) is 4.25. The Hall–Kier alpha value is -3.70. The van der Waals surface area contributed by atoms with E-state index in [9.17, 15) is 24.8 Å². The first kappa shape index (κ1) is 23.5. The Morgan fingerprint density at radius 2 is 1.91 bits per heavy atom. The topological polar surface area (TPSA) is 147 Å². The van der Waals surface area contributed by atoms with E-state index in [-0.39, 0.29) is 23.7 Å². The fraction of sp³-hybridized carbons (Fsp3) is 0.261. The number of nitro groups is 1. The number of aromatic amines is 1. The molecular formula is C23H22N4O6S. The molecule has 34 heavy (non-hydrogen) atoms. The highest BCUT2D eigenvalue weighted by molar-refractivity contribution is 7.98. The first-order valence-electron chi connectivity index (χ1n) is 10.5. The van der Waals surface area contributed by atoms with Crippen LogP contribution in [0.5, 0.6) is 0 Å². The van der Waals surface area contributed by atoms with Gasteiger partial charge in [-0.05, 0) is 18.7 Å². The van der Waals surface area contributed by atoms with E-state index in [1.807, 2.05) is 0 Å². The van der Waals surface area contributed by atoms with Crippen molar-refractivity contribution in [3.05, 3.63) is 91.8 Å². The van der Waals surface area contributed by atoms with Gasteiger partial charge in [-0.3, -0.25) is 19.7 Å². The lowest BCUT2D eigenvalue weighted by Crippen LogP contribution is -2.54. The number of rotatable bonds is 6. The Balaban J connectivity index is 2.02. The highest BCUT2D eigenvalue weighted by Gasteiger charge is 2.54. The molecule has 1 aromatic heterocycles. The molecule has 3 N–H and O–H groups in total. The highest BCUT2D eigenvalue weighted by Crippen LogP contribution is 2.49. The number of benzene rings is 2. The van der Waals surface area contributed by atoms with Crippen LogP contribution in [0.4, 0.5) is 11.5 Å². The van der Waals surface area contributed by atoms with Gasteiger partial charge in [0.15, 0.2) is 10.9 Å². The number of aromatic nitrogens is 2. The van der Waals surface area contributed by atoms with Crippen LogP contribution in [0.1, 0.15) is 29.5 Å². The molecule has 3 unspecified atom stereocenters. The summed E-state index contributed by atoms with van der Waals surface area (Å²) in [6.45, 7) is 1.70. The van der Waals surface area contributed by atoms with Crippen LogP contribution in [0.15, 0.2) is 64.5 Å². The number of hydrogen-bond donors (Lipinski definition) is 3. The molecule has 0 spiro atoms. The lowest BCUT2D eigenvalue weighted by atomic mass is 9.71. The molecule has 0 saturated carbocycles. The SMILES string of the molecule is CCOC(=O)C1C(c2ccc([N+](=O)[O-])cc2)c2c(nc(SC)[nH]c2=O)NC1(O)c1ccccc1. The molecule has 3 aromatic rings. The van der Waals surface area contributed by atoms with Crippen molar-refractivity contribution in [1.29, 1.82) is 0 Å². The Kier molecular flexibility index (Phi) is 6.40. The van der Waals surface area contributed by atoms with Crippen molar-refractivity contribution >= 4 is 29.2 Å². The van der Waals surface area contributed by atoms with Gasteiger partial charge in [0.25, 0.3) is 11.2 Å². The molecule has 0 fully saturated rings. The summed E-state index contributed by atoms with van der Waals surface area (Å²) >= 11 is 1.21. The molecule has 4 rings (SSSR count). The number of nitrogens with one attached hydrogen (secondary N) is 2. The lowest BCUT2D eigenvalue weighted by Gasteiger charge is -2.44. The Bertz CT molecular complexity index is 1280. The summed E-state index contributed by atoms with van der Waals surface area (Å²) in [4.78, 5) is 44.3. The first-order valence-corrected chi connectivity index (χ1v) is 11.7. The van der Waals surface area contributed by atoms with Gasteiger partial charge in [-0.25, -0.2) is 4.98 Å². The van der Waals surface area contributed by atoms with Crippen molar-refractivity contribution < 1.29 is 19.6 Å². The van der Waals surface area contributed by atoms with E-state index in [4.69, 9.17) is 4.74 Å². The molecular weight excluding hydrogens is 460 g/mol. The molecule has 0 saturated heterocycles. The molecule has 11 heteroatoms. The minimum atomic E-state index is -1.98. The van der Waals surface area contributed by atoms with Gasteiger partial charge in [0.1, 0.15) is 11.7 Å². The number of carbonyl (C=O) groups is 1. The molecule has 0 radical (unpaired) electrons. The fourth-order valence-corrected chi connectivity index (χ4v) is 4.63. The number of esters is 1. The number of aliphatic hydroxyl groups is 1. The van der Waals surface area contributed by atoms with Gasteiger partial charge in [0.05, 0.1) is 17.1 Å². The molecule has 2 aromatic carbocycles. The number of fused-ring (bicyclic) bond motifs is 1. The maximum Gasteiger partial charge on any atom is 0.315 e. The Labute approximate surface area is 198 Å². The summed E-state index contributed by atoms with van der Waals surface area (Å²) in [5.74, 6) is -2.92. The summed E-state index contributed by atoms with van der Waals surface area (Å²) < 4.78 is 5.33. The molecule has 3 atom stereocenters. The van der Waals surface area contributed by atoms with E-state index < -0.39 is 34.0 Å². The summed E-state index contributed by atoms with van der Waals surface area (Å²) in [5.41, 5.74) is -1.69. The Morgan fingerprint density at radius 1 is 1.24 bits per heavy atom. The predicted molar refractivity (Wildman–Crippen MR) is 126 cm³/mol. The van der Waals surface area contributed by atoms with Crippen LogP contribution in [-0.2, 0) is 15.3 Å². The standard InChI is InChI=1S/C23H22N4O6S/c1-3-33-21(29)18-16(13-9-11-15(12-10-13)27(31)32)17-19(24-22(34-2)25-20(17)28)26-23(18,30)14-7-5-4-6-8-14/h4-12,16,18,30H,3H2,1-2H3,(H2,24,25,26,28). The third-order valence-electron chi connectivity index (χ3n) is 5.75. The Morgan fingerprint density at radius 3 is 2.50 bits per heavy atom. The highest BCUT2D eigenvalue weighted by atomic mass is 32.2. The van der Waals surface area contributed by atoms with Crippen molar-refractivity contribution in [2.45, 2.75) is 23.7 Å². The lowest BCUT2D eigenvalue weighted by molar-refractivity contribution is -0.384. The van der Waals surface area contributed by atoms with E-state index >= 15 is 0 Å². The van der Waals surface area contributed by atoms with E-state index in [1.54, 1.807) is 43.5 Å². The van der Waals surface area contributed by atoms with Crippen LogP contribution >= 0.6 is 11.8 Å². The van der Waals surface area contributed by atoms with Crippen LogP contribution in [-0.4, -0.2) is 38.8 Å². The number of ether oxygens (including phenoxy) is 1. The predicted octanol–water partition coefficient (Wildman–Crippen LogP) is 2.98. The van der Waals surface area contributed by atoms with E-state index in [0.717, 1.165) is 0 Å². The number of nitrogens with zero attached hydrogens (tertiary/aromatic N) is 2. The molecule has 2 heterocycles. The molecule has 1 aliphatic rings. The van der Waals surface area contributed by atoms with E-state index in [2.05, 4.69) is 15.3 Å². The van der Waals surface area contributed by atoms with Crippen LogP contribution in [0, 0.1) is 16.0 Å². The quantitative estimate of drug-likeness (QED) is 0.159. The van der Waals surface area contributed by atoms with Crippen LogP contribution in [0.3, 0.4) is 0 Å². The number of thioether (sulfide) groups is 1. The average Bonchev–Trinajstić information content (AvgIpc) is 2.83. The number of anilines is 1. The zero-order valence-electron chi connectivity index (χ0n) is 18.3. The molecule has 0 amide bonds. The summed E-state index contributed by atoms with van der Waals surface area (Å²) in [7, 11) is 0. The van der Waals surface area contributed by atoms with E-state index in [0.29, 0.717) is 16.3 Å². The smallest absolute Gasteiger partial charge is 0.315 e. The minimum absolute atomic E-state index is 0.0556. The first-order chi connectivity index (χ1) is 16.3. The molecule has 1 aliphatic heterocycles. The largest absolute Gasteiger partial charge is 0.466 e. The third-order valence-corrected chi connectivity index (χ3v) is 6.33. The maximum absolute atomic E-state index is 13.3. The zero-order chi connectivity index (χ0) is 24.5. The minimum Gasteiger partial charge on any atom is -0.466 e. The second-order valence-electron chi connectivity index (χ2n) is 7.65. The normalized spacial score (nSPS) is 21.3. The molecule has 0 bridgehead atoms. The average molecular weight is 483 g/mol. The zero-order valence-corrected chi connectivity index (χ0v) is 19.2. The van der Waals surface area contributed by atoms with Crippen molar-refractivity contribution in [1.82, 2.24) is 9.97 Å². The van der Waals surface area contributed by atoms with Crippen molar-refractivity contribution in [2.75, 3.05) is 18.2 Å². The van der Waals surface area contributed by atoms with Gasteiger partial charge < -0.3 is 20.1 Å². The van der Waals surface area contributed by atoms with Gasteiger partial charge in [0.2, 0.25) is 0 Å². The number of carbonyl (C=O) groups excluding carboxylic acids is 1. The summed E-state index contributed by atoms with van der Waals surface area (Å²) in [5, 5.41) is 26.4. The third kappa shape index (κ3) is 4.03. The molecule has 0 aliphatic carbocycles. The van der Waals surface area contributed by atoms with Crippen LogP contribution < -0.4 is 10.9 Å². The number of nitro benzene ring substituents is 1. The van der Waals surface area contributed by atoms with Gasteiger partial charge >= 0.3 is 5.97 Å². The van der Waals surface area contributed by atoms with Crippen molar-refractivity contribution in [3.8, 4) is 0 Å². The number of H-pyrrole nitrogens is 1. The monoisotopic (exact) mass is 482 g/mol. The van der Waals surface area contributed by atoms with Crippen LogP contribution in [0.2, 0.25) is 0 Å². The summed E-state index contributed by atoms with van der Waals surface area (Å²) in [6.07, 6.45) is 1.74. The van der Waals surface area contributed by atoms with Gasteiger partial charge in [0, 0.05) is 23.6 Å². The number of hydrogen-bond acceptors (Lipinski definition) is 9. The molecule has 10 nitrogen and oxygen atoms in total. The van der Waals surface area contributed by atoms with E-state index in [1.165, 1.54) is 36.0 Å². The second kappa shape index (κ2) is 9.27. The van der Waals surface area contributed by atoms with Gasteiger partial charge in [-0.2, -0.15) is 0 Å². The van der Waals surface area contributed by atoms with Gasteiger partial charge in [-0.1, -0.05) is 54.2 Å². The number of non-ortho nitro benzene ring substituents is 1. The maximum atomic E-state index is 13.3. The van der Waals surface area contributed by atoms with Crippen molar-refractivity contribution in [2.24, 2.45) is 5.92 Å². The van der Waals surface area contributed by atoms with Crippen LogP contribution in [0.25, 0.3) is 0 Å². The summed E-state index contributed by atoms with van der Waals surface area (Å²) in [6, 6.07) is 14.0. The second-order valence-corrected chi connectivity index (χ2v) is 8.45.